The lowest BCUT2D eigenvalue weighted by atomic mass is 9.84. The number of rotatable bonds is 3. The van der Waals surface area contributed by atoms with Gasteiger partial charge in [0.05, 0.1) is 34.4 Å². The van der Waals surface area contributed by atoms with E-state index in [9.17, 15) is 8.42 Å². The zero-order valence-electron chi connectivity index (χ0n) is 18.3. The highest BCUT2D eigenvalue weighted by atomic mass is 32.2. The van der Waals surface area contributed by atoms with Gasteiger partial charge in [-0.2, -0.15) is 0 Å². The molecule has 0 spiro atoms. The largest absolute Gasteiger partial charge is 0.514 e. The lowest BCUT2D eigenvalue weighted by Gasteiger charge is -2.32. The van der Waals surface area contributed by atoms with E-state index in [1.54, 1.807) is 6.33 Å². The summed E-state index contributed by atoms with van der Waals surface area (Å²) in [5.74, 6) is 0. The Morgan fingerprint density at radius 1 is 1.06 bits per heavy atom. The molecule has 0 N–H and O–H groups in total. The molecule has 2 aliphatic heterocycles. The molecule has 1 aromatic carbocycles. The summed E-state index contributed by atoms with van der Waals surface area (Å²) in [5, 5.41) is 0. The van der Waals surface area contributed by atoms with E-state index < -0.39 is 28.3 Å². The van der Waals surface area contributed by atoms with Crippen molar-refractivity contribution in [2.75, 3.05) is 17.1 Å². The summed E-state index contributed by atoms with van der Waals surface area (Å²) in [4.78, 5) is 9.27. The van der Waals surface area contributed by atoms with E-state index in [-0.39, 0.29) is 0 Å². The second-order valence-corrected chi connectivity index (χ2v) is 11.1. The molecule has 2 aliphatic rings. The first-order valence-electron chi connectivity index (χ1n) is 10.3. The van der Waals surface area contributed by atoms with Gasteiger partial charge in [0.1, 0.15) is 11.8 Å². The van der Waals surface area contributed by atoms with Gasteiger partial charge in [-0.3, -0.25) is 8.87 Å². The summed E-state index contributed by atoms with van der Waals surface area (Å²) in [6, 6.07) is 9.59. The van der Waals surface area contributed by atoms with E-state index in [1.165, 1.54) is 10.6 Å². The Bertz CT molecular complexity index is 1290. The van der Waals surface area contributed by atoms with Crippen LogP contribution in [0.2, 0.25) is 0 Å². The van der Waals surface area contributed by atoms with Crippen LogP contribution in [-0.2, 0) is 25.8 Å². The summed E-state index contributed by atoms with van der Waals surface area (Å²) in [6.45, 7) is 8.50. The first kappa shape index (κ1) is 20.5. The fraction of sp³-hybridized carbons (Fsp3) is 0.429. The molecule has 1 saturated heterocycles. The smallest absolute Gasteiger partial charge is 0.398 e. The van der Waals surface area contributed by atoms with E-state index >= 15 is 0 Å². The molecular weight excluding hydrogens is 415 g/mol. The average molecular weight is 440 g/mol. The van der Waals surface area contributed by atoms with E-state index in [4.69, 9.17) is 14.3 Å². The van der Waals surface area contributed by atoms with Crippen LogP contribution in [0, 0.1) is 0 Å². The van der Waals surface area contributed by atoms with Gasteiger partial charge >= 0.3 is 7.12 Å². The SMILES string of the molecule is CC1(C)OB(c2ccc3ncn(-c4ccc5c(c4)N(S(C)(=O)=O)CC5)c3n2)OC1(C)C. The zero-order valence-corrected chi connectivity index (χ0v) is 19.1. The van der Waals surface area contributed by atoms with Crippen LogP contribution in [-0.4, -0.2) is 54.1 Å². The topological polar surface area (TPSA) is 86.6 Å². The fourth-order valence-corrected chi connectivity index (χ4v) is 4.98. The Labute approximate surface area is 182 Å². The van der Waals surface area contributed by atoms with Crippen molar-refractivity contribution in [3.8, 4) is 5.69 Å². The van der Waals surface area contributed by atoms with E-state index in [0.717, 1.165) is 16.8 Å². The maximum Gasteiger partial charge on any atom is 0.514 e. The molecule has 0 radical (unpaired) electrons. The lowest BCUT2D eigenvalue weighted by molar-refractivity contribution is 0.00578. The number of hydrogen-bond acceptors (Lipinski definition) is 6. The number of benzene rings is 1. The second-order valence-electron chi connectivity index (χ2n) is 9.18. The molecule has 0 aliphatic carbocycles. The maximum atomic E-state index is 12.2. The first-order chi connectivity index (χ1) is 14.5. The van der Waals surface area contributed by atoms with Crippen molar-refractivity contribution in [3.05, 3.63) is 42.2 Å². The van der Waals surface area contributed by atoms with Gasteiger partial charge in [-0.05, 0) is 63.9 Å². The van der Waals surface area contributed by atoms with Crippen LogP contribution in [0.4, 0.5) is 5.69 Å². The zero-order chi connectivity index (χ0) is 22.2. The third-order valence-corrected chi connectivity index (χ3v) is 7.69. The predicted molar refractivity (Wildman–Crippen MR) is 120 cm³/mol. The van der Waals surface area contributed by atoms with Gasteiger partial charge in [0.2, 0.25) is 10.0 Å². The van der Waals surface area contributed by atoms with Crippen LogP contribution in [0.25, 0.3) is 16.9 Å². The first-order valence-corrected chi connectivity index (χ1v) is 12.1. The predicted octanol–water partition coefficient (Wildman–Crippen LogP) is 2.04. The lowest BCUT2D eigenvalue weighted by Crippen LogP contribution is -2.41. The van der Waals surface area contributed by atoms with Crippen molar-refractivity contribution in [2.45, 2.75) is 45.3 Å². The molecular formula is C21H25BN4O4S. The van der Waals surface area contributed by atoms with Crippen molar-refractivity contribution in [1.29, 1.82) is 0 Å². The van der Waals surface area contributed by atoms with E-state index in [0.29, 0.717) is 29.9 Å². The minimum absolute atomic E-state index is 0.455. The van der Waals surface area contributed by atoms with Gasteiger partial charge in [0, 0.05) is 6.54 Å². The number of fused-ring (bicyclic) bond motifs is 2. The molecule has 10 heteroatoms. The third kappa shape index (κ3) is 3.24. The molecule has 0 unspecified atom stereocenters. The minimum atomic E-state index is -3.32. The van der Waals surface area contributed by atoms with Crippen molar-refractivity contribution in [1.82, 2.24) is 14.5 Å². The quantitative estimate of drug-likeness (QED) is 0.580. The average Bonchev–Trinajstić information content (AvgIpc) is 3.34. The Morgan fingerprint density at radius 3 is 2.45 bits per heavy atom. The number of hydrogen-bond donors (Lipinski definition) is 0. The van der Waals surface area contributed by atoms with Crippen LogP contribution in [0.3, 0.4) is 0 Å². The standard InChI is InChI=1S/C21H25BN4O4S/c1-20(2)21(3,4)30-22(29-20)18-9-8-16-19(24-18)25(13-23-16)15-7-6-14-10-11-26(17(14)12-15)31(5,27)28/h6-9,12-13H,10-11H2,1-5H3. The Hall–Kier alpha value is -2.43. The van der Waals surface area contributed by atoms with Gasteiger partial charge < -0.3 is 9.31 Å². The summed E-state index contributed by atoms with van der Waals surface area (Å²) in [7, 11) is -3.90. The third-order valence-electron chi connectivity index (χ3n) is 6.51. The Morgan fingerprint density at radius 2 is 1.77 bits per heavy atom. The van der Waals surface area contributed by atoms with Gasteiger partial charge in [-0.1, -0.05) is 6.07 Å². The molecule has 31 heavy (non-hydrogen) atoms. The number of nitrogens with zero attached hydrogens (tertiary/aromatic N) is 4. The summed E-state index contributed by atoms with van der Waals surface area (Å²) >= 11 is 0. The number of aromatic nitrogens is 3. The van der Waals surface area contributed by atoms with Gasteiger partial charge in [0.15, 0.2) is 5.65 Å². The van der Waals surface area contributed by atoms with E-state index in [1.807, 2.05) is 62.6 Å². The Balaban J connectivity index is 1.56. The molecule has 0 bridgehead atoms. The van der Waals surface area contributed by atoms with Crippen LogP contribution in [0.15, 0.2) is 36.7 Å². The highest BCUT2D eigenvalue weighted by Crippen LogP contribution is 2.36. The molecule has 2 aromatic heterocycles. The summed E-state index contributed by atoms with van der Waals surface area (Å²) in [6.07, 6.45) is 3.64. The monoisotopic (exact) mass is 440 g/mol. The molecule has 5 rings (SSSR count). The van der Waals surface area contributed by atoms with Crippen molar-refractivity contribution in [3.63, 3.8) is 0 Å². The highest BCUT2D eigenvalue weighted by molar-refractivity contribution is 7.92. The Kier molecular flexibility index (Phi) is 4.32. The van der Waals surface area contributed by atoms with Crippen molar-refractivity contribution < 1.29 is 17.7 Å². The van der Waals surface area contributed by atoms with Crippen molar-refractivity contribution >= 4 is 39.6 Å². The molecule has 8 nitrogen and oxygen atoms in total. The molecule has 162 valence electrons. The van der Waals surface area contributed by atoms with Crippen LogP contribution < -0.4 is 9.90 Å². The number of imidazole rings is 1. The minimum Gasteiger partial charge on any atom is -0.398 e. The molecule has 0 saturated carbocycles. The highest BCUT2D eigenvalue weighted by Gasteiger charge is 2.52. The normalized spacial score (nSPS) is 19.9. The molecule has 0 atom stereocenters. The maximum absolute atomic E-state index is 12.2. The number of anilines is 1. The van der Waals surface area contributed by atoms with Gasteiger partial charge in [-0.25, -0.2) is 18.4 Å². The number of sulfonamides is 1. The molecule has 0 amide bonds. The molecule has 3 aromatic rings. The van der Waals surface area contributed by atoms with Gasteiger partial charge in [0.25, 0.3) is 0 Å². The van der Waals surface area contributed by atoms with Crippen LogP contribution >= 0.6 is 0 Å². The van der Waals surface area contributed by atoms with Crippen molar-refractivity contribution in [2.24, 2.45) is 0 Å². The molecule has 1 fully saturated rings. The van der Waals surface area contributed by atoms with Gasteiger partial charge in [-0.15, -0.1) is 0 Å². The van der Waals surface area contributed by atoms with Crippen LogP contribution in [0.1, 0.15) is 33.3 Å². The molecule has 4 heterocycles. The fourth-order valence-electron chi connectivity index (χ4n) is 4.02. The summed E-state index contributed by atoms with van der Waals surface area (Å²) in [5.41, 5.74) is 3.69. The second kappa shape index (κ2) is 6.54. The van der Waals surface area contributed by atoms with Crippen LogP contribution in [0.5, 0.6) is 0 Å². The van der Waals surface area contributed by atoms with E-state index in [2.05, 4.69) is 4.98 Å². The summed E-state index contributed by atoms with van der Waals surface area (Å²) < 4.78 is 39.9. The number of pyridine rings is 1.